The molecule has 0 N–H and O–H groups in total. The normalized spacial score (nSPS) is 32.1. The lowest BCUT2D eigenvalue weighted by molar-refractivity contribution is -0.143. The molecule has 0 radical (unpaired) electrons. The summed E-state index contributed by atoms with van der Waals surface area (Å²) in [6.07, 6.45) is 1.89. The first-order valence-corrected chi connectivity index (χ1v) is 4.68. The largest absolute Gasteiger partial charge is 0.440 e. The SMILES string of the molecule is C=N[C@H]1CCC[C@H]2OC(=O)CN2C1=O. The Hall–Kier alpha value is -1.39. The van der Waals surface area contributed by atoms with Gasteiger partial charge in [0.1, 0.15) is 12.6 Å². The van der Waals surface area contributed by atoms with Gasteiger partial charge >= 0.3 is 5.97 Å². The van der Waals surface area contributed by atoms with Crippen LogP contribution in [-0.2, 0) is 14.3 Å². The van der Waals surface area contributed by atoms with Crippen LogP contribution < -0.4 is 0 Å². The second-order valence-corrected chi connectivity index (χ2v) is 3.54. The lowest BCUT2D eigenvalue weighted by Gasteiger charge is -2.19. The minimum Gasteiger partial charge on any atom is -0.440 e. The van der Waals surface area contributed by atoms with Crippen molar-refractivity contribution in [3.05, 3.63) is 0 Å². The maximum absolute atomic E-state index is 11.8. The van der Waals surface area contributed by atoms with Crippen molar-refractivity contribution in [1.82, 2.24) is 4.90 Å². The van der Waals surface area contributed by atoms with E-state index in [9.17, 15) is 9.59 Å². The molecule has 0 spiro atoms. The van der Waals surface area contributed by atoms with Gasteiger partial charge in [-0.15, -0.1) is 0 Å². The standard InChI is InChI=1S/C9H12N2O3/c1-10-6-3-2-4-7-11(9(6)13)5-8(12)14-7/h6-7H,1-5H2/t6-,7+/m0/s1. The van der Waals surface area contributed by atoms with Gasteiger partial charge in [-0.25, -0.2) is 0 Å². The second-order valence-electron chi connectivity index (χ2n) is 3.54. The zero-order valence-corrected chi connectivity index (χ0v) is 7.81. The highest BCUT2D eigenvalue weighted by Crippen LogP contribution is 2.24. The Kier molecular flexibility index (Phi) is 2.23. The highest BCUT2D eigenvalue weighted by atomic mass is 16.6. The van der Waals surface area contributed by atoms with E-state index in [-0.39, 0.29) is 24.6 Å². The summed E-state index contributed by atoms with van der Waals surface area (Å²) < 4.78 is 5.01. The van der Waals surface area contributed by atoms with E-state index in [2.05, 4.69) is 11.7 Å². The minimum absolute atomic E-state index is 0.0650. The fourth-order valence-electron chi connectivity index (χ4n) is 1.90. The lowest BCUT2D eigenvalue weighted by Crippen LogP contribution is -2.39. The molecule has 0 aromatic carbocycles. The van der Waals surface area contributed by atoms with Crippen molar-refractivity contribution in [2.75, 3.05) is 6.54 Å². The lowest BCUT2D eigenvalue weighted by atomic mass is 10.1. The van der Waals surface area contributed by atoms with Gasteiger partial charge in [0.05, 0.1) is 0 Å². The molecule has 2 aliphatic rings. The summed E-state index contributed by atoms with van der Waals surface area (Å²) >= 11 is 0. The summed E-state index contributed by atoms with van der Waals surface area (Å²) in [6, 6.07) is -0.394. The first kappa shape index (κ1) is 9.18. The molecule has 2 fully saturated rings. The van der Waals surface area contributed by atoms with Crippen molar-refractivity contribution in [1.29, 1.82) is 0 Å². The van der Waals surface area contributed by atoms with Crippen LogP contribution in [0, 0.1) is 0 Å². The number of rotatable bonds is 1. The molecule has 0 saturated carbocycles. The van der Waals surface area contributed by atoms with Crippen molar-refractivity contribution in [3.8, 4) is 0 Å². The monoisotopic (exact) mass is 196 g/mol. The van der Waals surface area contributed by atoms with Gasteiger partial charge in [-0.1, -0.05) is 0 Å². The van der Waals surface area contributed by atoms with Crippen molar-refractivity contribution >= 4 is 18.6 Å². The number of amides is 1. The number of hydrogen-bond acceptors (Lipinski definition) is 4. The van der Waals surface area contributed by atoms with E-state index in [4.69, 9.17) is 4.74 Å². The summed E-state index contributed by atoms with van der Waals surface area (Å²) in [5, 5.41) is 0. The van der Waals surface area contributed by atoms with Gasteiger partial charge in [-0.05, 0) is 19.6 Å². The molecule has 2 aliphatic heterocycles. The predicted molar refractivity (Wildman–Crippen MR) is 48.8 cm³/mol. The number of hydrogen-bond donors (Lipinski definition) is 0. The molecular formula is C9H12N2O3. The molecule has 0 aromatic rings. The molecule has 2 atom stereocenters. The molecular weight excluding hydrogens is 184 g/mol. The van der Waals surface area contributed by atoms with E-state index in [0.29, 0.717) is 12.8 Å². The number of nitrogens with zero attached hydrogens (tertiary/aromatic N) is 2. The average molecular weight is 196 g/mol. The maximum atomic E-state index is 11.8. The number of aliphatic imine (C=N–C) groups is 1. The number of fused-ring (bicyclic) bond motifs is 1. The van der Waals surface area contributed by atoms with Crippen LogP contribution in [-0.4, -0.2) is 42.3 Å². The number of esters is 1. The van der Waals surface area contributed by atoms with E-state index in [1.165, 1.54) is 4.90 Å². The molecule has 2 rings (SSSR count). The van der Waals surface area contributed by atoms with Crippen LogP contribution in [0.15, 0.2) is 4.99 Å². The second kappa shape index (κ2) is 3.40. The molecule has 5 nitrogen and oxygen atoms in total. The molecule has 0 aliphatic carbocycles. The zero-order chi connectivity index (χ0) is 10.1. The molecule has 5 heteroatoms. The number of carbonyl (C=O) groups excluding carboxylic acids is 2. The highest BCUT2D eigenvalue weighted by Gasteiger charge is 2.40. The highest BCUT2D eigenvalue weighted by molar-refractivity contribution is 5.88. The average Bonchev–Trinajstić information content (AvgIpc) is 2.47. The van der Waals surface area contributed by atoms with E-state index in [1.54, 1.807) is 0 Å². The maximum Gasteiger partial charge on any atom is 0.327 e. The van der Waals surface area contributed by atoms with E-state index in [1.807, 2.05) is 0 Å². The van der Waals surface area contributed by atoms with Gasteiger partial charge in [-0.2, -0.15) is 0 Å². The summed E-state index contributed by atoms with van der Waals surface area (Å²) in [4.78, 5) is 28.0. The first-order chi connectivity index (χ1) is 6.72. The zero-order valence-electron chi connectivity index (χ0n) is 7.81. The van der Waals surface area contributed by atoms with Crippen LogP contribution in [0.5, 0.6) is 0 Å². The van der Waals surface area contributed by atoms with Crippen LogP contribution in [0.1, 0.15) is 19.3 Å². The van der Waals surface area contributed by atoms with E-state index in [0.717, 1.165) is 6.42 Å². The summed E-state index contributed by atoms with van der Waals surface area (Å²) in [5.41, 5.74) is 0. The van der Waals surface area contributed by atoms with Gasteiger partial charge in [0, 0.05) is 6.42 Å². The molecule has 1 amide bonds. The Morgan fingerprint density at radius 2 is 2.21 bits per heavy atom. The Balaban J connectivity index is 2.19. The van der Waals surface area contributed by atoms with Crippen LogP contribution in [0.4, 0.5) is 0 Å². The quantitative estimate of drug-likeness (QED) is 0.436. The molecule has 0 aromatic heterocycles. The van der Waals surface area contributed by atoms with Gasteiger partial charge in [0.2, 0.25) is 0 Å². The molecule has 0 bridgehead atoms. The van der Waals surface area contributed by atoms with E-state index >= 15 is 0 Å². The Labute approximate surface area is 81.7 Å². The van der Waals surface area contributed by atoms with Crippen LogP contribution in [0.25, 0.3) is 0 Å². The van der Waals surface area contributed by atoms with Gasteiger partial charge < -0.3 is 4.74 Å². The topological polar surface area (TPSA) is 59.0 Å². The fraction of sp³-hybridized carbons (Fsp3) is 0.667. The van der Waals surface area contributed by atoms with Crippen LogP contribution in [0.2, 0.25) is 0 Å². The molecule has 2 saturated heterocycles. The Bertz CT molecular complexity index is 290. The van der Waals surface area contributed by atoms with Gasteiger partial charge in [-0.3, -0.25) is 19.5 Å². The van der Waals surface area contributed by atoms with Crippen LogP contribution in [0.3, 0.4) is 0 Å². The van der Waals surface area contributed by atoms with Crippen molar-refractivity contribution in [2.45, 2.75) is 31.5 Å². The van der Waals surface area contributed by atoms with Crippen molar-refractivity contribution in [2.24, 2.45) is 4.99 Å². The summed E-state index contributed by atoms with van der Waals surface area (Å²) in [5.74, 6) is -0.457. The third kappa shape index (κ3) is 1.38. The molecule has 2 heterocycles. The smallest absolute Gasteiger partial charge is 0.327 e. The third-order valence-corrected chi connectivity index (χ3v) is 2.63. The van der Waals surface area contributed by atoms with Gasteiger partial charge in [0.25, 0.3) is 5.91 Å². The Morgan fingerprint density at radius 1 is 1.43 bits per heavy atom. The molecule has 14 heavy (non-hydrogen) atoms. The predicted octanol–water partition coefficient (Wildman–Crippen LogP) is -0.0490. The minimum atomic E-state index is -0.394. The summed E-state index contributed by atoms with van der Waals surface area (Å²) in [6.45, 7) is 3.45. The van der Waals surface area contributed by atoms with Crippen molar-refractivity contribution in [3.63, 3.8) is 0 Å². The molecule has 76 valence electrons. The fourth-order valence-corrected chi connectivity index (χ4v) is 1.90. The molecule has 0 unspecified atom stereocenters. The van der Waals surface area contributed by atoms with Crippen LogP contribution >= 0.6 is 0 Å². The van der Waals surface area contributed by atoms with E-state index < -0.39 is 6.04 Å². The first-order valence-electron chi connectivity index (χ1n) is 4.68. The summed E-state index contributed by atoms with van der Waals surface area (Å²) in [7, 11) is 0. The third-order valence-electron chi connectivity index (χ3n) is 2.63. The Morgan fingerprint density at radius 3 is 2.93 bits per heavy atom. The number of ether oxygens (including phenoxy) is 1. The van der Waals surface area contributed by atoms with Crippen molar-refractivity contribution < 1.29 is 14.3 Å². The van der Waals surface area contributed by atoms with Gasteiger partial charge in [0.15, 0.2) is 6.23 Å². The number of carbonyl (C=O) groups is 2.